The van der Waals surface area contributed by atoms with Crippen LogP contribution in [0.25, 0.3) is 0 Å². The maximum atomic E-state index is 12.6. The number of likely N-dealkylation sites (tertiary alicyclic amines) is 1. The fourth-order valence-corrected chi connectivity index (χ4v) is 3.70. The van der Waals surface area contributed by atoms with Crippen LogP contribution >= 0.6 is 11.8 Å². The summed E-state index contributed by atoms with van der Waals surface area (Å²) < 4.78 is 0. The van der Waals surface area contributed by atoms with Crippen LogP contribution in [-0.4, -0.2) is 35.1 Å². The zero-order chi connectivity index (χ0) is 16.9. The normalized spacial score (nSPS) is 20.8. The molecule has 0 radical (unpaired) electrons. The minimum absolute atomic E-state index is 0.0144. The minimum Gasteiger partial charge on any atom is -0.391 e. The molecule has 1 aliphatic heterocycles. The molecule has 0 aliphatic carbocycles. The van der Waals surface area contributed by atoms with Gasteiger partial charge in [0.2, 0.25) is 0 Å². The van der Waals surface area contributed by atoms with Gasteiger partial charge in [-0.3, -0.25) is 4.79 Å². The van der Waals surface area contributed by atoms with Crippen molar-refractivity contribution in [3.05, 3.63) is 65.7 Å². The van der Waals surface area contributed by atoms with E-state index in [2.05, 4.69) is 12.1 Å². The summed E-state index contributed by atoms with van der Waals surface area (Å²) in [6, 6.07) is 18.1. The summed E-state index contributed by atoms with van der Waals surface area (Å²) >= 11 is 1.77. The summed E-state index contributed by atoms with van der Waals surface area (Å²) in [5.41, 5.74) is 1.99. The molecule has 1 amide bonds. The zero-order valence-corrected chi connectivity index (χ0v) is 14.7. The Morgan fingerprint density at radius 3 is 2.54 bits per heavy atom. The number of benzene rings is 2. The summed E-state index contributed by atoms with van der Waals surface area (Å²) in [5, 5.41) is 9.97. The summed E-state index contributed by atoms with van der Waals surface area (Å²) in [4.78, 5) is 15.5. The third-order valence-electron chi connectivity index (χ3n) is 4.56. The third-order valence-corrected chi connectivity index (χ3v) is 5.64. The third kappa shape index (κ3) is 4.19. The molecule has 2 atom stereocenters. The second-order valence-corrected chi connectivity index (χ2v) is 7.43. The Kier molecular flexibility index (Phi) is 5.59. The lowest BCUT2D eigenvalue weighted by Crippen LogP contribution is -2.45. The van der Waals surface area contributed by atoms with E-state index in [1.54, 1.807) is 16.7 Å². The maximum Gasteiger partial charge on any atom is 0.253 e. The lowest BCUT2D eigenvalue weighted by Gasteiger charge is -2.34. The topological polar surface area (TPSA) is 40.5 Å². The van der Waals surface area contributed by atoms with Crippen molar-refractivity contribution in [1.29, 1.82) is 0 Å². The fraction of sp³-hybridized carbons (Fsp3) is 0.350. The molecule has 2 aromatic rings. The van der Waals surface area contributed by atoms with E-state index in [1.807, 2.05) is 49.4 Å². The molecule has 1 aliphatic rings. The van der Waals surface area contributed by atoms with Crippen molar-refractivity contribution >= 4 is 17.7 Å². The lowest BCUT2D eigenvalue weighted by molar-refractivity contribution is 0.0248. The van der Waals surface area contributed by atoms with Crippen molar-refractivity contribution in [3.8, 4) is 0 Å². The van der Waals surface area contributed by atoms with Gasteiger partial charge in [0.25, 0.3) is 5.91 Å². The predicted molar refractivity (Wildman–Crippen MR) is 98.1 cm³/mol. The fourth-order valence-electron chi connectivity index (χ4n) is 2.85. The molecule has 3 rings (SSSR count). The second-order valence-electron chi connectivity index (χ2n) is 6.38. The van der Waals surface area contributed by atoms with E-state index in [9.17, 15) is 9.90 Å². The first kappa shape index (κ1) is 17.1. The molecule has 0 saturated carbocycles. The number of thioether (sulfide) groups is 1. The van der Waals surface area contributed by atoms with Crippen molar-refractivity contribution in [2.45, 2.75) is 30.1 Å². The number of hydrogen-bond donors (Lipinski definition) is 1. The Morgan fingerprint density at radius 2 is 1.88 bits per heavy atom. The van der Waals surface area contributed by atoms with E-state index < -0.39 is 6.10 Å². The molecule has 2 unspecified atom stereocenters. The molecule has 3 nitrogen and oxygen atoms in total. The highest BCUT2D eigenvalue weighted by Crippen LogP contribution is 2.24. The van der Waals surface area contributed by atoms with E-state index in [4.69, 9.17) is 0 Å². The number of amides is 1. The second kappa shape index (κ2) is 7.86. The SMILES string of the molecule is CC1CCN(C(=O)c2ccc(SCc3ccccc3)cc2)CC1O. The number of piperidine rings is 1. The van der Waals surface area contributed by atoms with Crippen molar-refractivity contribution in [3.63, 3.8) is 0 Å². The highest BCUT2D eigenvalue weighted by molar-refractivity contribution is 7.98. The minimum atomic E-state index is -0.414. The highest BCUT2D eigenvalue weighted by Gasteiger charge is 2.27. The van der Waals surface area contributed by atoms with Gasteiger partial charge in [0.05, 0.1) is 6.10 Å². The van der Waals surface area contributed by atoms with Crippen LogP contribution in [0.1, 0.15) is 29.3 Å². The number of rotatable bonds is 4. The first-order valence-electron chi connectivity index (χ1n) is 8.37. The summed E-state index contributed by atoms with van der Waals surface area (Å²) in [7, 11) is 0. The Morgan fingerprint density at radius 1 is 1.17 bits per heavy atom. The van der Waals surface area contributed by atoms with Crippen molar-refractivity contribution < 1.29 is 9.90 Å². The number of hydrogen-bond acceptors (Lipinski definition) is 3. The van der Waals surface area contributed by atoms with Gasteiger partial charge in [-0.25, -0.2) is 0 Å². The molecule has 1 saturated heterocycles. The van der Waals surface area contributed by atoms with Gasteiger partial charge >= 0.3 is 0 Å². The van der Waals surface area contributed by atoms with E-state index in [0.29, 0.717) is 12.1 Å². The van der Waals surface area contributed by atoms with Gasteiger partial charge in [0.1, 0.15) is 0 Å². The van der Waals surface area contributed by atoms with Crippen LogP contribution in [0.5, 0.6) is 0 Å². The maximum absolute atomic E-state index is 12.6. The number of aliphatic hydroxyl groups excluding tert-OH is 1. The van der Waals surface area contributed by atoms with Gasteiger partial charge in [0.15, 0.2) is 0 Å². The average Bonchev–Trinajstić information content (AvgIpc) is 2.63. The molecule has 0 aromatic heterocycles. The summed E-state index contributed by atoms with van der Waals surface area (Å²) in [6.45, 7) is 3.19. The Balaban J connectivity index is 1.59. The number of carbonyl (C=O) groups excluding carboxylic acids is 1. The van der Waals surface area contributed by atoms with Crippen LogP contribution in [0.2, 0.25) is 0 Å². The van der Waals surface area contributed by atoms with Crippen LogP contribution in [0.4, 0.5) is 0 Å². The van der Waals surface area contributed by atoms with E-state index in [-0.39, 0.29) is 11.8 Å². The molecule has 1 N–H and O–H groups in total. The standard InChI is InChI=1S/C20H23NO2S/c1-15-11-12-21(13-19(15)22)20(23)17-7-9-18(10-8-17)24-14-16-5-3-2-4-6-16/h2-10,15,19,22H,11-14H2,1H3. The molecule has 0 spiro atoms. The lowest BCUT2D eigenvalue weighted by atomic mass is 9.95. The zero-order valence-electron chi connectivity index (χ0n) is 13.9. The van der Waals surface area contributed by atoms with Crippen LogP contribution in [0, 0.1) is 5.92 Å². The Bertz CT molecular complexity index is 672. The number of carbonyl (C=O) groups is 1. The molecular weight excluding hydrogens is 318 g/mol. The van der Waals surface area contributed by atoms with Gasteiger partial charge in [0, 0.05) is 29.3 Å². The van der Waals surface area contributed by atoms with Gasteiger partial charge in [-0.05, 0) is 42.2 Å². The molecule has 1 fully saturated rings. The van der Waals surface area contributed by atoms with Gasteiger partial charge < -0.3 is 10.0 Å². The average molecular weight is 341 g/mol. The molecule has 1 heterocycles. The molecule has 0 bridgehead atoms. The van der Waals surface area contributed by atoms with Crippen LogP contribution < -0.4 is 0 Å². The van der Waals surface area contributed by atoms with Gasteiger partial charge in [-0.2, -0.15) is 0 Å². The van der Waals surface area contributed by atoms with Crippen molar-refractivity contribution in [1.82, 2.24) is 4.90 Å². The van der Waals surface area contributed by atoms with Crippen LogP contribution in [-0.2, 0) is 5.75 Å². The molecule has 4 heteroatoms. The Labute approximate surface area is 147 Å². The predicted octanol–water partition coefficient (Wildman–Crippen LogP) is 3.82. The largest absolute Gasteiger partial charge is 0.391 e. The van der Waals surface area contributed by atoms with Crippen LogP contribution in [0.15, 0.2) is 59.5 Å². The van der Waals surface area contributed by atoms with Crippen molar-refractivity contribution in [2.75, 3.05) is 13.1 Å². The summed E-state index contributed by atoms with van der Waals surface area (Å²) in [6.07, 6.45) is 0.446. The molecular formula is C20H23NO2S. The summed E-state index contributed by atoms with van der Waals surface area (Å²) in [5.74, 6) is 1.20. The quantitative estimate of drug-likeness (QED) is 0.860. The van der Waals surface area contributed by atoms with E-state index >= 15 is 0 Å². The highest BCUT2D eigenvalue weighted by atomic mass is 32.2. The smallest absolute Gasteiger partial charge is 0.253 e. The number of aliphatic hydroxyl groups is 1. The molecule has 24 heavy (non-hydrogen) atoms. The molecule has 2 aromatic carbocycles. The Hall–Kier alpha value is -1.78. The number of β-amino-alcohol motifs (C(OH)–C–C–N with tert-alkyl or cyclic N) is 1. The first-order chi connectivity index (χ1) is 11.6. The molecule has 126 valence electrons. The van der Waals surface area contributed by atoms with Gasteiger partial charge in [-0.1, -0.05) is 37.3 Å². The monoisotopic (exact) mass is 341 g/mol. The first-order valence-corrected chi connectivity index (χ1v) is 9.36. The van der Waals surface area contributed by atoms with Crippen molar-refractivity contribution in [2.24, 2.45) is 5.92 Å². The van der Waals surface area contributed by atoms with E-state index in [1.165, 1.54) is 5.56 Å². The van der Waals surface area contributed by atoms with Crippen LogP contribution in [0.3, 0.4) is 0 Å². The number of nitrogens with zero attached hydrogens (tertiary/aromatic N) is 1. The van der Waals surface area contributed by atoms with E-state index in [0.717, 1.165) is 23.6 Å². The van der Waals surface area contributed by atoms with Gasteiger partial charge in [-0.15, -0.1) is 11.8 Å².